The lowest BCUT2D eigenvalue weighted by Gasteiger charge is -2.05. The van der Waals surface area contributed by atoms with Crippen molar-refractivity contribution in [3.63, 3.8) is 0 Å². The molecule has 0 saturated carbocycles. The molecule has 0 aliphatic carbocycles. The lowest BCUT2D eigenvalue weighted by Crippen LogP contribution is -2.02. The Balaban J connectivity index is 1.86. The summed E-state index contributed by atoms with van der Waals surface area (Å²) in [5, 5.41) is 16.3. The Kier molecular flexibility index (Phi) is 4.06. The second kappa shape index (κ2) is 6.31. The van der Waals surface area contributed by atoms with Gasteiger partial charge in [-0.05, 0) is 47.3 Å². The van der Waals surface area contributed by atoms with Crippen LogP contribution >= 0.6 is 11.8 Å². The molecule has 1 aromatic carbocycles. The molecule has 3 aromatic rings. The van der Waals surface area contributed by atoms with E-state index in [9.17, 15) is 0 Å². The molecule has 1 N–H and O–H groups in total. The third kappa shape index (κ3) is 3.16. The van der Waals surface area contributed by atoms with E-state index in [1.54, 1.807) is 10.9 Å². The molecule has 21 heavy (non-hydrogen) atoms. The van der Waals surface area contributed by atoms with E-state index in [2.05, 4.69) is 30.8 Å². The Hall–Kier alpha value is -2.48. The average Bonchev–Trinajstić information content (AvgIpc) is 2.97. The highest BCUT2D eigenvalue weighted by molar-refractivity contribution is 7.99. The van der Waals surface area contributed by atoms with Crippen molar-refractivity contribution in [1.29, 1.82) is 0 Å². The quantitative estimate of drug-likeness (QED) is 0.722. The molecule has 2 aromatic heterocycles. The summed E-state index contributed by atoms with van der Waals surface area (Å²) < 4.78 is 1.68. The van der Waals surface area contributed by atoms with Crippen LogP contribution in [0.3, 0.4) is 0 Å². The van der Waals surface area contributed by atoms with Crippen LogP contribution in [0.15, 0.2) is 52.8 Å². The van der Waals surface area contributed by atoms with Crippen molar-refractivity contribution >= 4 is 17.7 Å². The van der Waals surface area contributed by atoms with Crippen LogP contribution in [0, 0.1) is 0 Å². The highest BCUT2D eigenvalue weighted by Gasteiger charge is 2.11. The van der Waals surface area contributed by atoms with E-state index in [4.69, 9.17) is 0 Å². The minimum absolute atomic E-state index is 0.598. The minimum atomic E-state index is 0.598. The predicted molar refractivity (Wildman–Crippen MR) is 79.5 cm³/mol. The molecule has 0 bridgehead atoms. The van der Waals surface area contributed by atoms with Crippen LogP contribution in [-0.2, 0) is 0 Å². The van der Waals surface area contributed by atoms with Gasteiger partial charge in [-0.3, -0.25) is 0 Å². The van der Waals surface area contributed by atoms with Crippen LogP contribution in [0.4, 0.5) is 5.95 Å². The van der Waals surface area contributed by atoms with E-state index >= 15 is 0 Å². The molecule has 0 spiro atoms. The molecule has 8 heteroatoms. The second-order valence-corrected chi connectivity index (χ2v) is 5.05. The number of hydrogen-bond acceptors (Lipinski definition) is 7. The van der Waals surface area contributed by atoms with Crippen LogP contribution in [-0.4, -0.2) is 36.7 Å². The van der Waals surface area contributed by atoms with Crippen molar-refractivity contribution in [2.45, 2.75) is 17.1 Å². The molecule has 2 heterocycles. The number of tetrazole rings is 1. The van der Waals surface area contributed by atoms with Crippen LogP contribution in [0.2, 0.25) is 0 Å². The molecule has 0 aliphatic heterocycles. The summed E-state index contributed by atoms with van der Waals surface area (Å²) in [7, 11) is 0. The van der Waals surface area contributed by atoms with Crippen molar-refractivity contribution in [3.8, 4) is 5.69 Å². The molecule has 7 nitrogen and oxygen atoms in total. The fourth-order valence-corrected chi connectivity index (χ4v) is 2.46. The van der Waals surface area contributed by atoms with Gasteiger partial charge in [0.2, 0.25) is 11.1 Å². The predicted octanol–water partition coefficient (Wildman–Crippen LogP) is 2.04. The first-order chi connectivity index (χ1) is 10.4. The van der Waals surface area contributed by atoms with E-state index in [0.29, 0.717) is 11.1 Å². The molecular weight excluding hydrogens is 286 g/mol. The molecule has 0 radical (unpaired) electrons. The van der Waals surface area contributed by atoms with Crippen molar-refractivity contribution in [2.24, 2.45) is 0 Å². The Bertz CT molecular complexity index is 713. The SMILES string of the molecule is CCNc1nccc(Sc2nnnn2-c2ccccc2)n1. The molecule has 0 aliphatic rings. The molecule has 0 unspecified atom stereocenters. The normalized spacial score (nSPS) is 10.5. The van der Waals surface area contributed by atoms with Crippen molar-refractivity contribution in [1.82, 2.24) is 30.2 Å². The van der Waals surface area contributed by atoms with Crippen molar-refractivity contribution in [2.75, 3.05) is 11.9 Å². The van der Waals surface area contributed by atoms with Gasteiger partial charge in [-0.25, -0.2) is 9.97 Å². The first-order valence-electron chi connectivity index (χ1n) is 6.45. The van der Waals surface area contributed by atoms with Gasteiger partial charge in [0, 0.05) is 12.7 Å². The summed E-state index contributed by atoms with van der Waals surface area (Å²) in [5.74, 6) is 0.598. The van der Waals surface area contributed by atoms with E-state index < -0.39 is 0 Å². The Morgan fingerprint density at radius 3 is 2.86 bits per heavy atom. The standard InChI is InChI=1S/C13H13N7S/c1-2-14-12-15-9-8-11(16-12)21-13-17-18-19-20(13)10-6-4-3-5-7-10/h3-9H,2H2,1H3,(H,14,15,16). The molecule has 0 atom stereocenters. The number of anilines is 1. The smallest absolute Gasteiger partial charge is 0.223 e. The fourth-order valence-electron chi connectivity index (χ4n) is 1.71. The summed E-state index contributed by atoms with van der Waals surface area (Å²) >= 11 is 1.39. The maximum Gasteiger partial charge on any atom is 0.223 e. The van der Waals surface area contributed by atoms with Crippen LogP contribution in [0.5, 0.6) is 0 Å². The zero-order valence-corrected chi connectivity index (χ0v) is 12.2. The number of hydrogen-bond donors (Lipinski definition) is 1. The number of benzene rings is 1. The van der Waals surface area contributed by atoms with Gasteiger partial charge in [0.05, 0.1) is 5.69 Å². The number of nitrogens with zero attached hydrogens (tertiary/aromatic N) is 6. The summed E-state index contributed by atoms with van der Waals surface area (Å²) in [5.41, 5.74) is 0.908. The number of rotatable bonds is 5. The summed E-state index contributed by atoms with van der Waals surface area (Å²) in [6.07, 6.45) is 1.71. The second-order valence-electron chi connectivity index (χ2n) is 4.06. The fraction of sp³-hybridized carbons (Fsp3) is 0.154. The van der Waals surface area contributed by atoms with Crippen LogP contribution in [0.25, 0.3) is 5.69 Å². The average molecular weight is 299 g/mol. The van der Waals surface area contributed by atoms with Gasteiger partial charge in [0.25, 0.3) is 0 Å². The molecule has 0 fully saturated rings. The van der Waals surface area contributed by atoms with E-state index in [-0.39, 0.29) is 0 Å². The van der Waals surface area contributed by atoms with Gasteiger partial charge in [-0.1, -0.05) is 18.2 Å². The Morgan fingerprint density at radius 1 is 1.19 bits per heavy atom. The zero-order chi connectivity index (χ0) is 14.5. The van der Waals surface area contributed by atoms with Gasteiger partial charge in [0.1, 0.15) is 5.03 Å². The highest BCUT2D eigenvalue weighted by Crippen LogP contribution is 2.25. The first-order valence-corrected chi connectivity index (χ1v) is 7.27. The lowest BCUT2D eigenvalue weighted by atomic mass is 10.3. The Labute approximate surface area is 125 Å². The van der Waals surface area contributed by atoms with Crippen LogP contribution < -0.4 is 5.32 Å². The van der Waals surface area contributed by atoms with Gasteiger partial charge in [-0.2, -0.15) is 4.68 Å². The largest absolute Gasteiger partial charge is 0.354 e. The highest BCUT2D eigenvalue weighted by atomic mass is 32.2. The van der Waals surface area contributed by atoms with E-state index in [1.807, 2.05) is 43.3 Å². The van der Waals surface area contributed by atoms with Gasteiger partial charge >= 0.3 is 0 Å². The van der Waals surface area contributed by atoms with Gasteiger partial charge < -0.3 is 5.32 Å². The summed E-state index contributed by atoms with van der Waals surface area (Å²) in [6, 6.07) is 11.6. The van der Waals surface area contributed by atoms with Gasteiger partial charge in [-0.15, -0.1) is 5.10 Å². The third-order valence-electron chi connectivity index (χ3n) is 2.60. The zero-order valence-electron chi connectivity index (χ0n) is 11.3. The van der Waals surface area contributed by atoms with E-state index in [0.717, 1.165) is 17.3 Å². The Morgan fingerprint density at radius 2 is 2.05 bits per heavy atom. The topological polar surface area (TPSA) is 81.4 Å². The molecule has 3 rings (SSSR count). The summed E-state index contributed by atoms with van der Waals surface area (Å²) in [6.45, 7) is 2.77. The number of aromatic nitrogens is 6. The van der Waals surface area contributed by atoms with Gasteiger partial charge in [0.15, 0.2) is 0 Å². The number of nitrogens with one attached hydrogen (secondary N) is 1. The minimum Gasteiger partial charge on any atom is -0.354 e. The van der Waals surface area contributed by atoms with Crippen LogP contribution in [0.1, 0.15) is 6.92 Å². The van der Waals surface area contributed by atoms with E-state index in [1.165, 1.54) is 11.8 Å². The molecule has 0 amide bonds. The molecule has 106 valence electrons. The monoisotopic (exact) mass is 299 g/mol. The maximum absolute atomic E-state index is 4.40. The number of para-hydroxylation sites is 1. The molecular formula is C13H13N7S. The lowest BCUT2D eigenvalue weighted by molar-refractivity contribution is 0.756. The van der Waals surface area contributed by atoms with Crippen molar-refractivity contribution < 1.29 is 0 Å². The third-order valence-corrected chi connectivity index (χ3v) is 3.48. The molecule has 0 saturated heterocycles. The first kappa shape index (κ1) is 13.5. The maximum atomic E-state index is 4.40. The summed E-state index contributed by atoms with van der Waals surface area (Å²) in [4.78, 5) is 8.55. The van der Waals surface area contributed by atoms with Crippen molar-refractivity contribution in [3.05, 3.63) is 42.6 Å².